The molecule has 0 radical (unpaired) electrons. The first-order chi connectivity index (χ1) is 4.37. The third-order valence-electron chi connectivity index (χ3n) is 0.365. The van der Waals surface area contributed by atoms with Crippen molar-refractivity contribution in [3.63, 3.8) is 0 Å². The molecule has 60 valence electrons. The van der Waals surface area contributed by atoms with Crippen molar-refractivity contribution in [3.8, 4) is 0 Å². The molecule has 2 N–H and O–H groups in total. The zero-order valence-electron chi connectivity index (χ0n) is 6.63. The molecule has 0 saturated heterocycles. The van der Waals surface area contributed by atoms with Crippen LogP contribution in [0.15, 0.2) is 12.2 Å². The molecule has 0 amide bonds. The zero-order chi connectivity index (χ0) is 8.73. The van der Waals surface area contributed by atoms with Gasteiger partial charge in [-0.1, -0.05) is 6.58 Å². The van der Waals surface area contributed by atoms with Crippen molar-refractivity contribution in [2.24, 2.45) is 0 Å². The molecule has 0 unspecified atom stereocenters. The van der Waals surface area contributed by atoms with Crippen molar-refractivity contribution in [2.75, 3.05) is 0 Å². The normalized spacial score (nSPS) is 6.36. The minimum absolute atomic E-state index is 0. The summed E-state index contributed by atoms with van der Waals surface area (Å²) in [5.74, 6) is -1.77. The molecule has 0 rings (SSSR count). The van der Waals surface area contributed by atoms with Crippen LogP contribution in [0, 0.1) is 0 Å². The van der Waals surface area contributed by atoms with E-state index in [1.165, 1.54) is 6.92 Å². The van der Waals surface area contributed by atoms with Crippen LogP contribution < -0.4 is 0 Å². The molecule has 0 bridgehead atoms. The molecule has 0 aromatic heterocycles. The Balaban J connectivity index is -0.000000114. The van der Waals surface area contributed by atoms with E-state index in [-0.39, 0.29) is 25.1 Å². The second-order valence-electron chi connectivity index (χ2n) is 1.60. The summed E-state index contributed by atoms with van der Waals surface area (Å²) in [7, 11) is 0. The van der Waals surface area contributed by atoms with Crippen molar-refractivity contribution >= 4 is 11.9 Å². The fourth-order valence-electron chi connectivity index (χ4n) is 0. The van der Waals surface area contributed by atoms with Gasteiger partial charge in [-0.15, -0.1) is 0 Å². The molecule has 0 aliphatic rings. The summed E-state index contributed by atoms with van der Waals surface area (Å²) in [5, 5.41) is 15.3. The van der Waals surface area contributed by atoms with E-state index in [1.807, 2.05) is 0 Å². The standard InChI is InChI=1S/C4H6O2.C2H4O2.Zn/c1-3(2)4(5)6;1-2(3)4;/h1H2,2H3,(H,5,6);1H3,(H,3,4);. The van der Waals surface area contributed by atoms with Crippen molar-refractivity contribution in [1.82, 2.24) is 0 Å². The van der Waals surface area contributed by atoms with Crippen LogP contribution in [0.25, 0.3) is 0 Å². The second kappa shape index (κ2) is 9.30. The van der Waals surface area contributed by atoms with E-state index < -0.39 is 11.9 Å². The summed E-state index contributed by atoms with van der Waals surface area (Å²) in [6.45, 7) is 5.69. The van der Waals surface area contributed by atoms with Gasteiger partial charge in [0.2, 0.25) is 0 Å². The summed E-state index contributed by atoms with van der Waals surface area (Å²) >= 11 is 0. The molecule has 0 saturated carbocycles. The molecule has 4 nitrogen and oxygen atoms in total. The number of carboxylic acid groups (broad SMARTS) is 2. The third kappa shape index (κ3) is 45.5. The minimum Gasteiger partial charge on any atom is -0.481 e. The minimum atomic E-state index is -0.935. The molecule has 5 heteroatoms. The average molecular weight is 212 g/mol. The molecule has 0 spiro atoms. The smallest absolute Gasteiger partial charge is 0.330 e. The fourth-order valence-corrected chi connectivity index (χ4v) is 0. The van der Waals surface area contributed by atoms with E-state index in [1.54, 1.807) is 0 Å². The van der Waals surface area contributed by atoms with Gasteiger partial charge >= 0.3 is 5.97 Å². The Labute approximate surface area is 77.7 Å². The number of carboxylic acids is 2. The van der Waals surface area contributed by atoms with E-state index in [2.05, 4.69) is 6.58 Å². The van der Waals surface area contributed by atoms with Crippen molar-refractivity contribution in [3.05, 3.63) is 12.2 Å². The molecule has 0 fully saturated rings. The zero-order valence-corrected chi connectivity index (χ0v) is 9.59. The summed E-state index contributed by atoms with van der Waals surface area (Å²) < 4.78 is 0. The molecule has 0 aliphatic carbocycles. The van der Waals surface area contributed by atoms with E-state index >= 15 is 0 Å². The molecular weight excluding hydrogens is 201 g/mol. The first-order valence-electron chi connectivity index (χ1n) is 2.46. The van der Waals surface area contributed by atoms with Crippen LogP contribution in [0.1, 0.15) is 13.8 Å². The number of carbonyl (C=O) groups is 2. The molecule has 0 aromatic carbocycles. The van der Waals surface area contributed by atoms with Gasteiger partial charge in [0.05, 0.1) is 0 Å². The summed E-state index contributed by atoms with van der Waals surface area (Å²) in [6.07, 6.45) is 0. The molecule has 0 aromatic rings. The number of aliphatic carboxylic acids is 2. The Morgan fingerprint density at radius 3 is 1.27 bits per heavy atom. The van der Waals surface area contributed by atoms with Gasteiger partial charge in [-0.2, -0.15) is 0 Å². The maximum Gasteiger partial charge on any atom is 0.330 e. The van der Waals surface area contributed by atoms with Gasteiger partial charge in [-0.25, -0.2) is 4.79 Å². The Morgan fingerprint density at radius 2 is 1.27 bits per heavy atom. The maximum atomic E-state index is 9.60. The topological polar surface area (TPSA) is 74.6 Å². The van der Waals surface area contributed by atoms with Crippen LogP contribution in [0.2, 0.25) is 0 Å². The predicted molar refractivity (Wildman–Crippen MR) is 35.8 cm³/mol. The van der Waals surface area contributed by atoms with E-state index in [9.17, 15) is 4.79 Å². The average Bonchev–Trinajstić information content (AvgIpc) is 1.63. The van der Waals surface area contributed by atoms with Gasteiger partial charge in [0, 0.05) is 32.0 Å². The molecule has 0 atom stereocenters. The van der Waals surface area contributed by atoms with Crippen LogP contribution >= 0.6 is 0 Å². The van der Waals surface area contributed by atoms with Crippen LogP contribution in [0.5, 0.6) is 0 Å². The van der Waals surface area contributed by atoms with E-state index in [0.717, 1.165) is 6.92 Å². The molecule has 11 heavy (non-hydrogen) atoms. The summed E-state index contributed by atoms with van der Waals surface area (Å²) in [4.78, 5) is 18.6. The summed E-state index contributed by atoms with van der Waals surface area (Å²) in [6, 6.07) is 0. The SMILES string of the molecule is C=C(C)C(=O)O.CC(=O)O.[Zn]. The van der Waals surface area contributed by atoms with Gasteiger partial charge in [-0.05, 0) is 6.92 Å². The number of rotatable bonds is 1. The maximum absolute atomic E-state index is 9.60. The first kappa shape index (κ1) is 16.7. The van der Waals surface area contributed by atoms with Gasteiger partial charge in [0.25, 0.3) is 5.97 Å². The number of hydrogen-bond acceptors (Lipinski definition) is 2. The molecular formula is C6H10O4Zn. The van der Waals surface area contributed by atoms with E-state index in [4.69, 9.17) is 15.0 Å². The van der Waals surface area contributed by atoms with Gasteiger partial charge < -0.3 is 10.2 Å². The Kier molecular flexibility index (Phi) is 14.1. The second-order valence-corrected chi connectivity index (χ2v) is 1.60. The Bertz CT molecular complexity index is 137. The first-order valence-corrected chi connectivity index (χ1v) is 2.46. The van der Waals surface area contributed by atoms with Crippen LogP contribution in [-0.2, 0) is 29.1 Å². The number of hydrogen-bond donors (Lipinski definition) is 2. The quantitative estimate of drug-likeness (QED) is 0.495. The predicted octanol–water partition coefficient (Wildman–Crippen LogP) is 0.736. The Morgan fingerprint density at radius 1 is 1.18 bits per heavy atom. The van der Waals surface area contributed by atoms with Crippen molar-refractivity contribution in [2.45, 2.75) is 13.8 Å². The Hall–Kier alpha value is -0.697. The van der Waals surface area contributed by atoms with Gasteiger partial charge in [0.1, 0.15) is 0 Å². The van der Waals surface area contributed by atoms with Crippen molar-refractivity contribution < 1.29 is 39.3 Å². The third-order valence-corrected chi connectivity index (χ3v) is 0.365. The molecule has 0 aliphatic heterocycles. The fraction of sp³-hybridized carbons (Fsp3) is 0.333. The molecule has 0 heterocycles. The van der Waals surface area contributed by atoms with Gasteiger partial charge in [-0.3, -0.25) is 4.79 Å². The van der Waals surface area contributed by atoms with E-state index in [0.29, 0.717) is 0 Å². The summed E-state index contributed by atoms with van der Waals surface area (Å²) in [5.41, 5.74) is 0.176. The van der Waals surface area contributed by atoms with Crippen LogP contribution in [-0.4, -0.2) is 22.2 Å². The van der Waals surface area contributed by atoms with Crippen molar-refractivity contribution in [1.29, 1.82) is 0 Å². The van der Waals surface area contributed by atoms with Crippen LogP contribution in [0.3, 0.4) is 0 Å². The van der Waals surface area contributed by atoms with Gasteiger partial charge in [0.15, 0.2) is 0 Å². The largest absolute Gasteiger partial charge is 0.481 e. The van der Waals surface area contributed by atoms with Crippen LogP contribution in [0.4, 0.5) is 0 Å². The monoisotopic (exact) mass is 210 g/mol.